The normalized spacial score (nSPS) is 15.6. The lowest BCUT2D eigenvalue weighted by molar-refractivity contribution is -0.117. The first-order chi connectivity index (χ1) is 19.5. The van der Waals surface area contributed by atoms with Gasteiger partial charge in [-0.15, -0.1) is 0 Å². The van der Waals surface area contributed by atoms with Crippen LogP contribution >= 0.6 is 11.6 Å². The van der Waals surface area contributed by atoms with Gasteiger partial charge in [0.15, 0.2) is 22.9 Å². The van der Waals surface area contributed by atoms with E-state index >= 15 is 0 Å². The lowest BCUT2D eigenvalue weighted by Gasteiger charge is -2.28. The van der Waals surface area contributed by atoms with Crippen LogP contribution in [-0.4, -0.2) is 30.5 Å². The fraction of sp³-hybridized carbons (Fsp3) is 0.273. The molecule has 1 unspecified atom stereocenters. The van der Waals surface area contributed by atoms with Crippen molar-refractivity contribution in [3.05, 3.63) is 100.0 Å². The van der Waals surface area contributed by atoms with E-state index in [9.17, 15) is 14.7 Å². The van der Waals surface area contributed by atoms with Crippen LogP contribution in [0, 0.1) is 0 Å². The first-order valence-electron chi connectivity index (χ1n) is 13.4. The van der Waals surface area contributed by atoms with Gasteiger partial charge < -0.3 is 19.0 Å². The van der Waals surface area contributed by atoms with Gasteiger partial charge in [0.1, 0.15) is 5.75 Å². The molecule has 1 aliphatic rings. The second-order valence-corrected chi connectivity index (χ2v) is 11.5. The van der Waals surface area contributed by atoms with Gasteiger partial charge in [-0.2, -0.15) is 0 Å². The average molecular weight is 574 g/mol. The number of halogens is 1. The van der Waals surface area contributed by atoms with E-state index in [1.807, 2.05) is 31.2 Å². The van der Waals surface area contributed by atoms with Gasteiger partial charge in [-0.25, -0.2) is 0 Å². The van der Waals surface area contributed by atoms with Crippen molar-refractivity contribution < 1.29 is 28.6 Å². The smallest absolute Gasteiger partial charge is 0.294 e. The standard InChI is InChI=1S/C33H32ClNO6/c1-6-14-40-24-9-7-8-23(18-24)35-28(19-10-12-21(13-11-19)33(2,3)4)27(30(37)32(35)38)29(36)25-16-20-15-22(34)17-26(39-5)31(20)41-25/h7-13,15-18,28,37H,6,14H2,1-5H3. The number of ketones is 1. The number of aliphatic hydroxyl groups is 1. The van der Waals surface area contributed by atoms with E-state index in [0.29, 0.717) is 45.3 Å². The summed E-state index contributed by atoms with van der Waals surface area (Å²) in [6.45, 7) is 8.85. The number of carbonyl (C=O) groups excluding carboxylic acids is 2. The van der Waals surface area contributed by atoms with Crippen molar-refractivity contribution in [2.45, 2.75) is 45.6 Å². The summed E-state index contributed by atoms with van der Waals surface area (Å²) in [6, 6.07) is 18.7. The maximum atomic E-state index is 14.1. The van der Waals surface area contributed by atoms with Crippen LogP contribution < -0.4 is 14.4 Å². The molecule has 0 fully saturated rings. The van der Waals surface area contributed by atoms with E-state index in [0.717, 1.165) is 12.0 Å². The van der Waals surface area contributed by atoms with Gasteiger partial charge >= 0.3 is 0 Å². The highest BCUT2D eigenvalue weighted by Crippen LogP contribution is 2.44. The Labute approximate surface area is 243 Å². The largest absolute Gasteiger partial charge is 0.503 e. The lowest BCUT2D eigenvalue weighted by atomic mass is 9.85. The molecule has 3 aromatic carbocycles. The first kappa shape index (κ1) is 28.3. The molecule has 1 aliphatic heterocycles. The minimum absolute atomic E-state index is 0.0480. The Balaban J connectivity index is 1.64. The molecule has 41 heavy (non-hydrogen) atoms. The van der Waals surface area contributed by atoms with Crippen LogP contribution in [0.1, 0.15) is 61.8 Å². The summed E-state index contributed by atoms with van der Waals surface area (Å²) in [5.41, 5.74) is 2.40. The molecule has 0 saturated carbocycles. The lowest BCUT2D eigenvalue weighted by Crippen LogP contribution is -2.31. The Hall–Kier alpha value is -4.23. The SMILES string of the molecule is CCCOc1cccc(N2C(=O)C(O)=C(C(=O)c3cc4cc(Cl)cc(OC)c4o3)C2c2ccc(C(C)(C)C)cc2)c1. The number of Topliss-reactive ketones (excluding diaryl/α,β-unsaturated/α-hetero) is 1. The molecule has 0 aliphatic carbocycles. The van der Waals surface area contributed by atoms with E-state index in [2.05, 4.69) is 20.8 Å². The zero-order valence-corrected chi connectivity index (χ0v) is 24.4. The first-order valence-corrected chi connectivity index (χ1v) is 13.8. The van der Waals surface area contributed by atoms with Crippen molar-refractivity contribution in [3.63, 3.8) is 0 Å². The maximum Gasteiger partial charge on any atom is 0.294 e. The molecule has 8 heteroatoms. The van der Waals surface area contributed by atoms with Crippen LogP contribution in [0.2, 0.25) is 5.02 Å². The van der Waals surface area contributed by atoms with Gasteiger partial charge in [0.2, 0.25) is 5.78 Å². The number of aliphatic hydroxyl groups excluding tert-OH is 1. The third kappa shape index (κ3) is 5.30. The maximum absolute atomic E-state index is 14.1. The number of benzene rings is 3. The molecule has 4 aromatic rings. The number of ether oxygens (including phenoxy) is 2. The molecule has 0 radical (unpaired) electrons. The highest BCUT2D eigenvalue weighted by Gasteiger charge is 2.45. The Kier molecular flexibility index (Phi) is 7.58. The number of fused-ring (bicyclic) bond motifs is 1. The molecule has 0 spiro atoms. The van der Waals surface area contributed by atoms with Crippen molar-refractivity contribution in [2.24, 2.45) is 0 Å². The average Bonchev–Trinajstić information content (AvgIpc) is 3.49. The predicted molar refractivity (Wildman–Crippen MR) is 159 cm³/mol. The summed E-state index contributed by atoms with van der Waals surface area (Å²) in [4.78, 5) is 29.1. The summed E-state index contributed by atoms with van der Waals surface area (Å²) < 4.78 is 17.1. The minimum Gasteiger partial charge on any atom is -0.503 e. The number of furan rings is 1. The number of carbonyl (C=O) groups is 2. The quantitative estimate of drug-likeness (QED) is 0.215. The molecule has 212 valence electrons. The van der Waals surface area contributed by atoms with E-state index in [4.69, 9.17) is 25.5 Å². The van der Waals surface area contributed by atoms with Gasteiger partial charge in [-0.05, 0) is 47.2 Å². The van der Waals surface area contributed by atoms with Crippen LogP contribution in [-0.2, 0) is 10.2 Å². The molecule has 5 rings (SSSR count). The van der Waals surface area contributed by atoms with Crippen LogP contribution in [0.25, 0.3) is 11.0 Å². The highest BCUT2D eigenvalue weighted by molar-refractivity contribution is 6.31. The van der Waals surface area contributed by atoms with Gasteiger partial charge in [0.05, 0.1) is 25.3 Å². The van der Waals surface area contributed by atoms with Gasteiger partial charge in [0, 0.05) is 28.2 Å². The fourth-order valence-corrected chi connectivity index (χ4v) is 5.23. The zero-order valence-electron chi connectivity index (χ0n) is 23.7. The van der Waals surface area contributed by atoms with Crippen molar-refractivity contribution in [1.82, 2.24) is 0 Å². The van der Waals surface area contributed by atoms with Crippen LogP contribution in [0.5, 0.6) is 11.5 Å². The third-order valence-corrected chi connectivity index (χ3v) is 7.32. The number of anilines is 1. The van der Waals surface area contributed by atoms with E-state index < -0.39 is 23.5 Å². The molecule has 1 aromatic heterocycles. The second-order valence-electron chi connectivity index (χ2n) is 11.0. The van der Waals surface area contributed by atoms with Crippen molar-refractivity contribution in [3.8, 4) is 11.5 Å². The second kappa shape index (κ2) is 11.0. The van der Waals surface area contributed by atoms with E-state index in [-0.39, 0.29) is 16.7 Å². The van der Waals surface area contributed by atoms with Crippen molar-refractivity contribution >= 4 is 39.9 Å². The predicted octanol–water partition coefficient (Wildman–Crippen LogP) is 7.96. The number of hydrogen-bond donors (Lipinski definition) is 1. The van der Waals surface area contributed by atoms with Crippen molar-refractivity contribution in [2.75, 3.05) is 18.6 Å². The molecule has 1 amide bonds. The van der Waals surface area contributed by atoms with E-state index in [1.165, 1.54) is 12.0 Å². The van der Waals surface area contributed by atoms with Crippen LogP contribution in [0.15, 0.2) is 82.5 Å². The summed E-state index contributed by atoms with van der Waals surface area (Å²) >= 11 is 6.22. The minimum atomic E-state index is -0.913. The molecule has 0 saturated heterocycles. The number of amides is 1. The van der Waals surface area contributed by atoms with E-state index in [1.54, 1.807) is 42.5 Å². The highest BCUT2D eigenvalue weighted by atomic mass is 35.5. The van der Waals surface area contributed by atoms with Crippen molar-refractivity contribution in [1.29, 1.82) is 0 Å². The molecule has 1 atom stereocenters. The number of nitrogens with zero attached hydrogens (tertiary/aromatic N) is 1. The number of methoxy groups -OCH3 is 1. The molecule has 1 N–H and O–H groups in total. The molecule has 0 bridgehead atoms. The molecule has 7 nitrogen and oxygen atoms in total. The van der Waals surface area contributed by atoms with Crippen LogP contribution in [0.4, 0.5) is 5.69 Å². The Bertz CT molecular complexity index is 1660. The van der Waals surface area contributed by atoms with Gasteiger partial charge in [-0.3, -0.25) is 14.5 Å². The summed E-state index contributed by atoms with van der Waals surface area (Å²) in [6.07, 6.45) is 0.824. The topological polar surface area (TPSA) is 89.2 Å². The number of hydrogen-bond acceptors (Lipinski definition) is 6. The summed E-state index contributed by atoms with van der Waals surface area (Å²) in [5.74, 6) is -1.04. The summed E-state index contributed by atoms with van der Waals surface area (Å²) in [7, 11) is 1.48. The Morgan fingerprint density at radius 1 is 1.07 bits per heavy atom. The Morgan fingerprint density at radius 3 is 2.46 bits per heavy atom. The molecule has 2 heterocycles. The summed E-state index contributed by atoms with van der Waals surface area (Å²) in [5, 5.41) is 12.2. The van der Waals surface area contributed by atoms with Crippen LogP contribution in [0.3, 0.4) is 0 Å². The van der Waals surface area contributed by atoms with Gasteiger partial charge in [-0.1, -0.05) is 69.6 Å². The number of rotatable bonds is 8. The third-order valence-electron chi connectivity index (χ3n) is 7.10. The molecular weight excluding hydrogens is 542 g/mol. The fourth-order valence-electron chi connectivity index (χ4n) is 5.01. The zero-order chi connectivity index (χ0) is 29.5. The Morgan fingerprint density at radius 2 is 1.80 bits per heavy atom. The molecular formula is C33H32ClNO6. The van der Waals surface area contributed by atoms with Gasteiger partial charge in [0.25, 0.3) is 5.91 Å². The monoisotopic (exact) mass is 573 g/mol.